The number of aromatic hydroxyl groups is 1. The van der Waals surface area contributed by atoms with Crippen molar-refractivity contribution in [1.82, 2.24) is 0 Å². The fraction of sp³-hybridized carbons (Fsp3) is 0.711. The minimum atomic E-state index is -2.69. The number of benzene rings is 1. The van der Waals surface area contributed by atoms with E-state index in [1.165, 1.54) is 0 Å². The van der Waals surface area contributed by atoms with Crippen LogP contribution in [0.3, 0.4) is 0 Å². The van der Waals surface area contributed by atoms with Gasteiger partial charge in [-0.05, 0) is 83.8 Å². The van der Waals surface area contributed by atoms with Crippen LogP contribution >= 0.6 is 0 Å². The van der Waals surface area contributed by atoms with Gasteiger partial charge in [-0.15, -0.1) is 0 Å². The molecule has 2 N–H and O–H groups in total. The van der Waals surface area contributed by atoms with E-state index in [-0.39, 0.29) is 47.3 Å². The molecule has 0 amide bonds. The Hall–Kier alpha value is -2.67. The molecule has 0 bridgehead atoms. The van der Waals surface area contributed by atoms with Crippen molar-refractivity contribution >= 4 is 28.9 Å². The molecule has 0 heterocycles. The van der Waals surface area contributed by atoms with Crippen molar-refractivity contribution in [2.24, 2.45) is 51.8 Å². The minimum Gasteiger partial charge on any atom is -0.507 e. The second-order valence-electron chi connectivity index (χ2n) is 17.2. The summed E-state index contributed by atoms with van der Waals surface area (Å²) < 4.78 is 0. The van der Waals surface area contributed by atoms with Crippen LogP contribution in [-0.2, 0) is 32.0 Å². The first-order chi connectivity index (χ1) is 20.4. The van der Waals surface area contributed by atoms with Gasteiger partial charge < -0.3 is 10.2 Å². The lowest BCUT2D eigenvalue weighted by molar-refractivity contribution is -0.205. The maximum Gasteiger partial charge on any atom is 0.190 e. The number of aliphatic hydroxyl groups is 1. The van der Waals surface area contributed by atoms with Gasteiger partial charge in [-0.25, -0.2) is 0 Å². The van der Waals surface area contributed by atoms with Gasteiger partial charge in [0.25, 0.3) is 0 Å². The Labute approximate surface area is 268 Å². The largest absolute Gasteiger partial charge is 0.507 e. The van der Waals surface area contributed by atoms with Crippen LogP contribution in [0, 0.1) is 51.8 Å². The molecule has 5 unspecified atom stereocenters. The topological polar surface area (TPSA) is 126 Å². The highest BCUT2D eigenvalue weighted by atomic mass is 16.3. The number of carbonyl (C=O) groups excluding carboxylic acids is 5. The third-order valence-electron chi connectivity index (χ3n) is 11.6. The zero-order valence-electron chi connectivity index (χ0n) is 29.4. The van der Waals surface area contributed by atoms with Gasteiger partial charge in [-0.1, -0.05) is 82.2 Å². The summed E-state index contributed by atoms with van der Waals surface area (Å²) in [5, 5.41) is 24.0. The standard InChI is InChI=1S/C38H54O7/c1-18(2)24-14-23(13-20(5)21(6)15-35(8,9)10)30(40)27-25(24)16-36(11)17-37(12)28(19(3)4)31(41)26(22(7)39)33(43)38(37,45)34(44)29(36)32(27)42/h14,18-21,26,28-29,40,45H,13,15-17H2,1-12H3/t20?,21?,26?,28?,29?,36-,37-,38+/m1/s1. The molecule has 7 heteroatoms. The number of hydrogen-bond donors (Lipinski definition) is 2. The highest BCUT2D eigenvalue weighted by Gasteiger charge is 2.76. The SMILES string of the molecule is CC(=O)C1C(=O)C(C(C)C)[C@@]2(C)C[C@@]3(C)Cc4c(C(C)C)cc(CC(C)C(C)CC(C)(C)C)c(O)c4C(=O)C3C(=O)[C@@]2(O)C1=O. The lowest BCUT2D eigenvalue weighted by atomic mass is 9.39. The highest BCUT2D eigenvalue weighted by molar-refractivity contribution is 6.32. The lowest BCUT2D eigenvalue weighted by Gasteiger charge is -2.62. The molecule has 8 atom stereocenters. The van der Waals surface area contributed by atoms with Crippen LogP contribution in [0.2, 0.25) is 0 Å². The van der Waals surface area contributed by atoms with E-state index in [2.05, 4.69) is 34.6 Å². The summed E-state index contributed by atoms with van der Waals surface area (Å²) in [7, 11) is 0. The van der Waals surface area contributed by atoms with E-state index in [1.54, 1.807) is 20.8 Å². The van der Waals surface area contributed by atoms with Crippen LogP contribution < -0.4 is 0 Å². The summed E-state index contributed by atoms with van der Waals surface area (Å²) in [6.07, 6.45) is 1.89. The smallest absolute Gasteiger partial charge is 0.190 e. The van der Waals surface area contributed by atoms with Crippen molar-refractivity contribution in [1.29, 1.82) is 0 Å². The fourth-order valence-electron chi connectivity index (χ4n) is 9.68. The molecule has 0 spiro atoms. The van der Waals surface area contributed by atoms with Crippen LogP contribution in [0.5, 0.6) is 5.75 Å². The maximum atomic E-state index is 14.6. The number of ketones is 5. The van der Waals surface area contributed by atoms with Crippen LogP contribution in [0.4, 0.5) is 0 Å². The Bertz CT molecular complexity index is 1460. The summed E-state index contributed by atoms with van der Waals surface area (Å²) in [5.41, 5.74) is -2.68. The van der Waals surface area contributed by atoms with Gasteiger partial charge in [0, 0.05) is 11.3 Å². The first-order valence-corrected chi connectivity index (χ1v) is 16.7. The fourth-order valence-corrected chi connectivity index (χ4v) is 9.68. The van der Waals surface area contributed by atoms with Crippen molar-refractivity contribution in [3.8, 4) is 5.75 Å². The van der Waals surface area contributed by atoms with Gasteiger partial charge in [0.2, 0.25) is 0 Å². The van der Waals surface area contributed by atoms with Gasteiger partial charge in [0.15, 0.2) is 28.7 Å². The van der Waals surface area contributed by atoms with Crippen molar-refractivity contribution in [2.75, 3.05) is 0 Å². The van der Waals surface area contributed by atoms with Crippen molar-refractivity contribution < 1.29 is 34.2 Å². The summed E-state index contributed by atoms with van der Waals surface area (Å²) in [5.74, 6) is -7.94. The monoisotopic (exact) mass is 622 g/mol. The van der Waals surface area contributed by atoms with Crippen molar-refractivity contribution in [3.63, 3.8) is 0 Å². The average molecular weight is 623 g/mol. The predicted octanol–water partition coefficient (Wildman–Crippen LogP) is 6.47. The van der Waals surface area contributed by atoms with Crippen LogP contribution in [0.1, 0.15) is 129 Å². The van der Waals surface area contributed by atoms with E-state index >= 15 is 0 Å². The zero-order valence-corrected chi connectivity index (χ0v) is 29.4. The number of phenols is 1. The molecule has 0 radical (unpaired) electrons. The average Bonchev–Trinajstić information content (AvgIpc) is 2.86. The highest BCUT2D eigenvalue weighted by Crippen LogP contribution is 2.64. The molecule has 0 saturated heterocycles. The molecule has 7 nitrogen and oxygen atoms in total. The van der Waals surface area contributed by atoms with Gasteiger partial charge in [-0.3, -0.25) is 24.0 Å². The quantitative estimate of drug-likeness (QED) is 0.334. The normalized spacial score (nSPS) is 33.2. The second-order valence-corrected chi connectivity index (χ2v) is 17.2. The molecule has 248 valence electrons. The van der Waals surface area contributed by atoms with E-state index < -0.39 is 63.1 Å². The Morgan fingerprint density at radius 3 is 2.04 bits per heavy atom. The predicted molar refractivity (Wildman–Crippen MR) is 173 cm³/mol. The van der Waals surface area contributed by atoms with Gasteiger partial charge >= 0.3 is 0 Å². The Morgan fingerprint density at radius 1 is 0.978 bits per heavy atom. The Kier molecular flexibility index (Phi) is 8.79. The minimum absolute atomic E-state index is 0.0257. The molecule has 3 aliphatic rings. The molecule has 45 heavy (non-hydrogen) atoms. The molecule has 0 aliphatic heterocycles. The number of rotatable bonds is 7. The first-order valence-electron chi connectivity index (χ1n) is 16.7. The van der Waals surface area contributed by atoms with Gasteiger partial charge in [0.05, 0.1) is 11.5 Å². The number of hydrogen-bond acceptors (Lipinski definition) is 7. The first kappa shape index (κ1) is 35.2. The second kappa shape index (κ2) is 11.2. The summed E-state index contributed by atoms with van der Waals surface area (Å²) >= 11 is 0. The Morgan fingerprint density at radius 2 is 1.56 bits per heavy atom. The summed E-state index contributed by atoms with van der Waals surface area (Å²) in [4.78, 5) is 69.5. The number of fused-ring (bicyclic) bond motifs is 3. The third-order valence-corrected chi connectivity index (χ3v) is 11.6. The van der Waals surface area contributed by atoms with Crippen molar-refractivity contribution in [2.45, 2.75) is 120 Å². The van der Waals surface area contributed by atoms with E-state index in [1.807, 2.05) is 26.8 Å². The van der Waals surface area contributed by atoms with E-state index in [0.29, 0.717) is 23.5 Å². The number of phenolic OH excluding ortho intramolecular Hbond substituents is 1. The van der Waals surface area contributed by atoms with Crippen LogP contribution in [0.25, 0.3) is 0 Å². The van der Waals surface area contributed by atoms with E-state index in [9.17, 15) is 34.2 Å². The lowest BCUT2D eigenvalue weighted by Crippen LogP contribution is -2.76. The van der Waals surface area contributed by atoms with Gasteiger partial charge in [0.1, 0.15) is 17.5 Å². The maximum absolute atomic E-state index is 14.6. The zero-order chi connectivity index (χ0) is 34.4. The van der Waals surface area contributed by atoms with Crippen LogP contribution in [-0.4, -0.2) is 44.7 Å². The Balaban J connectivity index is 1.90. The molecular formula is C38H54O7. The molecule has 1 aromatic rings. The van der Waals surface area contributed by atoms with Crippen molar-refractivity contribution in [3.05, 3.63) is 28.3 Å². The molecule has 4 rings (SSSR count). The molecule has 2 saturated carbocycles. The molecule has 1 aromatic carbocycles. The molecule has 2 fully saturated rings. The third kappa shape index (κ3) is 5.25. The van der Waals surface area contributed by atoms with E-state index in [4.69, 9.17) is 0 Å². The van der Waals surface area contributed by atoms with E-state index in [0.717, 1.165) is 18.9 Å². The summed E-state index contributed by atoms with van der Waals surface area (Å²) in [6.45, 7) is 23.2. The number of Topliss-reactive ketones (excluding diaryl/α,β-unsaturated/α-hetero) is 5. The molecular weight excluding hydrogens is 568 g/mol. The molecule has 3 aliphatic carbocycles. The number of carbonyl (C=O) groups is 5. The van der Waals surface area contributed by atoms with Crippen LogP contribution in [0.15, 0.2) is 6.07 Å². The summed E-state index contributed by atoms with van der Waals surface area (Å²) in [6, 6.07) is 2.01. The van der Waals surface area contributed by atoms with Gasteiger partial charge in [-0.2, -0.15) is 0 Å². The molecule has 0 aromatic heterocycles.